The second kappa shape index (κ2) is 8.83. The molecular weight excluding hydrogens is 240 g/mol. The van der Waals surface area contributed by atoms with Gasteiger partial charge in [-0.05, 0) is 6.07 Å². The van der Waals surface area contributed by atoms with E-state index < -0.39 is 12.5 Å². The molecule has 0 saturated heterocycles. The van der Waals surface area contributed by atoms with Crippen LogP contribution in [0.15, 0.2) is 18.2 Å². The van der Waals surface area contributed by atoms with Crippen LogP contribution < -0.4 is 10.1 Å². The lowest BCUT2D eigenvalue weighted by Crippen LogP contribution is -2.19. The normalized spacial score (nSPS) is 10.6. The highest BCUT2D eigenvalue weighted by atomic mass is 19.1. The second-order valence-corrected chi connectivity index (χ2v) is 3.79. The molecule has 0 spiro atoms. The Morgan fingerprint density at radius 2 is 2.11 bits per heavy atom. The van der Waals surface area contributed by atoms with Gasteiger partial charge in [-0.25, -0.2) is 4.39 Å². The molecule has 1 aromatic carbocycles. The number of ether oxygens (including phenoxy) is 2. The SMILES string of the molecule is COCCNCc1cccc(F)c1OCCCF. The molecule has 5 heteroatoms. The average molecular weight is 259 g/mol. The maximum atomic E-state index is 13.6. The first-order valence-corrected chi connectivity index (χ1v) is 5.95. The zero-order chi connectivity index (χ0) is 13.2. The Morgan fingerprint density at radius 1 is 1.28 bits per heavy atom. The number of alkyl halides is 1. The van der Waals surface area contributed by atoms with Crippen LogP contribution in [0.5, 0.6) is 5.75 Å². The summed E-state index contributed by atoms with van der Waals surface area (Å²) in [6.07, 6.45) is 0.269. The molecule has 1 aromatic rings. The van der Waals surface area contributed by atoms with E-state index in [9.17, 15) is 8.78 Å². The third-order valence-corrected chi connectivity index (χ3v) is 2.37. The predicted octanol–water partition coefficient (Wildman–Crippen LogP) is 2.30. The van der Waals surface area contributed by atoms with Crippen LogP contribution in [-0.4, -0.2) is 33.5 Å². The fourth-order valence-corrected chi connectivity index (χ4v) is 1.48. The van der Waals surface area contributed by atoms with Gasteiger partial charge in [0.2, 0.25) is 0 Å². The summed E-state index contributed by atoms with van der Waals surface area (Å²) in [4.78, 5) is 0. The third kappa shape index (κ3) is 4.98. The molecule has 0 amide bonds. The van der Waals surface area contributed by atoms with Gasteiger partial charge in [0.05, 0.1) is 19.9 Å². The summed E-state index contributed by atoms with van der Waals surface area (Å²) in [7, 11) is 1.62. The molecule has 102 valence electrons. The molecule has 0 aromatic heterocycles. The van der Waals surface area contributed by atoms with Gasteiger partial charge in [-0.2, -0.15) is 0 Å². The summed E-state index contributed by atoms with van der Waals surface area (Å²) >= 11 is 0. The Hall–Kier alpha value is -1.20. The molecule has 1 rings (SSSR count). The monoisotopic (exact) mass is 259 g/mol. The number of halogens is 2. The van der Waals surface area contributed by atoms with Crippen molar-refractivity contribution in [1.29, 1.82) is 0 Å². The highest BCUT2D eigenvalue weighted by Gasteiger charge is 2.09. The number of hydrogen-bond acceptors (Lipinski definition) is 3. The van der Waals surface area contributed by atoms with Crippen molar-refractivity contribution in [1.82, 2.24) is 5.32 Å². The van der Waals surface area contributed by atoms with E-state index in [2.05, 4.69) is 5.32 Å². The summed E-state index contributed by atoms with van der Waals surface area (Å²) < 4.78 is 35.7. The largest absolute Gasteiger partial charge is 0.490 e. The van der Waals surface area contributed by atoms with E-state index in [0.717, 1.165) is 5.56 Å². The topological polar surface area (TPSA) is 30.5 Å². The molecule has 0 fully saturated rings. The Labute approximate surface area is 106 Å². The van der Waals surface area contributed by atoms with Crippen LogP contribution in [0, 0.1) is 5.82 Å². The van der Waals surface area contributed by atoms with Crippen molar-refractivity contribution in [3.63, 3.8) is 0 Å². The van der Waals surface area contributed by atoms with E-state index in [-0.39, 0.29) is 18.8 Å². The average Bonchev–Trinajstić information content (AvgIpc) is 2.37. The highest BCUT2D eigenvalue weighted by molar-refractivity contribution is 5.34. The minimum atomic E-state index is -0.462. The Bertz CT molecular complexity index is 348. The lowest BCUT2D eigenvalue weighted by atomic mass is 10.2. The Morgan fingerprint density at radius 3 is 2.83 bits per heavy atom. The summed E-state index contributed by atoms with van der Waals surface area (Å²) in [6, 6.07) is 4.75. The molecule has 0 aliphatic carbocycles. The van der Waals surface area contributed by atoms with Gasteiger partial charge in [0.25, 0.3) is 0 Å². The minimum absolute atomic E-state index is 0.183. The van der Waals surface area contributed by atoms with Crippen molar-refractivity contribution in [2.75, 3.05) is 33.5 Å². The highest BCUT2D eigenvalue weighted by Crippen LogP contribution is 2.22. The van der Waals surface area contributed by atoms with E-state index in [4.69, 9.17) is 9.47 Å². The number of hydrogen-bond donors (Lipinski definition) is 1. The van der Waals surface area contributed by atoms with E-state index in [1.807, 2.05) is 0 Å². The van der Waals surface area contributed by atoms with Crippen molar-refractivity contribution >= 4 is 0 Å². The maximum absolute atomic E-state index is 13.6. The van der Waals surface area contributed by atoms with Crippen LogP contribution in [0.25, 0.3) is 0 Å². The standard InChI is InChI=1S/C13H19F2NO2/c1-17-9-7-16-10-11-4-2-5-12(15)13(11)18-8-3-6-14/h2,4-5,16H,3,6-10H2,1H3. The molecular formula is C13H19F2NO2. The van der Waals surface area contributed by atoms with Crippen LogP contribution in [0.4, 0.5) is 8.78 Å². The molecule has 0 aliphatic rings. The fraction of sp³-hybridized carbons (Fsp3) is 0.538. The number of methoxy groups -OCH3 is 1. The number of nitrogens with one attached hydrogen (secondary N) is 1. The van der Waals surface area contributed by atoms with Gasteiger partial charge in [-0.15, -0.1) is 0 Å². The molecule has 3 nitrogen and oxygen atoms in total. The van der Waals surface area contributed by atoms with Crippen molar-refractivity contribution in [2.24, 2.45) is 0 Å². The van der Waals surface area contributed by atoms with Crippen LogP contribution in [0.3, 0.4) is 0 Å². The van der Waals surface area contributed by atoms with Crippen molar-refractivity contribution in [2.45, 2.75) is 13.0 Å². The molecule has 0 saturated carbocycles. The number of para-hydroxylation sites is 1. The number of benzene rings is 1. The van der Waals surface area contributed by atoms with Gasteiger partial charge in [0, 0.05) is 32.2 Å². The van der Waals surface area contributed by atoms with Gasteiger partial charge in [0.1, 0.15) is 0 Å². The summed E-state index contributed by atoms with van der Waals surface area (Å²) in [5.74, 6) is -0.212. The first-order chi connectivity index (χ1) is 8.79. The van der Waals surface area contributed by atoms with E-state index in [1.54, 1.807) is 19.2 Å². The Balaban J connectivity index is 2.56. The lowest BCUT2D eigenvalue weighted by molar-refractivity contribution is 0.199. The van der Waals surface area contributed by atoms with E-state index >= 15 is 0 Å². The molecule has 0 bridgehead atoms. The van der Waals surface area contributed by atoms with E-state index in [1.165, 1.54) is 6.07 Å². The van der Waals surface area contributed by atoms with Crippen LogP contribution in [0.2, 0.25) is 0 Å². The first-order valence-electron chi connectivity index (χ1n) is 5.95. The van der Waals surface area contributed by atoms with Crippen LogP contribution >= 0.6 is 0 Å². The minimum Gasteiger partial charge on any atom is -0.490 e. The summed E-state index contributed by atoms with van der Waals surface area (Å²) in [5.41, 5.74) is 0.727. The van der Waals surface area contributed by atoms with Gasteiger partial charge < -0.3 is 14.8 Å². The molecule has 0 atom stereocenters. The molecule has 0 unspecified atom stereocenters. The number of rotatable bonds is 9. The smallest absolute Gasteiger partial charge is 0.165 e. The quantitative estimate of drug-likeness (QED) is 0.690. The summed E-state index contributed by atoms with van der Waals surface area (Å²) in [5, 5.41) is 3.11. The zero-order valence-electron chi connectivity index (χ0n) is 10.5. The van der Waals surface area contributed by atoms with Crippen LogP contribution in [-0.2, 0) is 11.3 Å². The molecule has 18 heavy (non-hydrogen) atoms. The van der Waals surface area contributed by atoms with Crippen LogP contribution in [0.1, 0.15) is 12.0 Å². The van der Waals surface area contributed by atoms with Crippen molar-refractivity contribution in [3.8, 4) is 5.75 Å². The Kier molecular flexibility index (Phi) is 7.29. The molecule has 0 aliphatic heterocycles. The predicted molar refractivity (Wildman–Crippen MR) is 66.1 cm³/mol. The van der Waals surface area contributed by atoms with Crippen molar-refractivity contribution in [3.05, 3.63) is 29.6 Å². The second-order valence-electron chi connectivity index (χ2n) is 3.79. The molecule has 0 radical (unpaired) electrons. The zero-order valence-corrected chi connectivity index (χ0v) is 10.5. The van der Waals surface area contributed by atoms with Crippen molar-refractivity contribution < 1.29 is 18.3 Å². The summed E-state index contributed by atoms with van der Waals surface area (Å²) in [6.45, 7) is 1.48. The van der Waals surface area contributed by atoms with Gasteiger partial charge in [0.15, 0.2) is 11.6 Å². The van der Waals surface area contributed by atoms with E-state index in [0.29, 0.717) is 19.7 Å². The third-order valence-electron chi connectivity index (χ3n) is 2.37. The fourth-order valence-electron chi connectivity index (χ4n) is 1.48. The van der Waals surface area contributed by atoms with Gasteiger partial charge in [-0.3, -0.25) is 4.39 Å². The first kappa shape index (κ1) is 14.9. The van der Waals surface area contributed by atoms with Gasteiger partial charge >= 0.3 is 0 Å². The molecule has 1 N–H and O–H groups in total. The molecule has 0 heterocycles. The lowest BCUT2D eigenvalue weighted by Gasteiger charge is -2.12. The maximum Gasteiger partial charge on any atom is 0.165 e. The van der Waals surface area contributed by atoms with Gasteiger partial charge in [-0.1, -0.05) is 12.1 Å².